The Bertz CT molecular complexity index is 1260. The highest BCUT2D eigenvalue weighted by Crippen LogP contribution is 2.24. The van der Waals surface area contributed by atoms with Crippen molar-refractivity contribution in [3.63, 3.8) is 0 Å². The van der Waals surface area contributed by atoms with E-state index in [0.717, 1.165) is 29.5 Å². The first-order valence-electron chi connectivity index (χ1n) is 11.1. The van der Waals surface area contributed by atoms with Crippen molar-refractivity contribution < 1.29 is 12.8 Å². The second-order valence-electron chi connectivity index (χ2n) is 7.90. The molecular weight excluding hydrogens is 420 g/mol. The molecule has 1 aromatic heterocycles. The molecular formula is C26H28N2O3S. The number of sulfonamides is 1. The maximum atomic E-state index is 12.6. The smallest absolute Gasteiger partial charge is 0.240 e. The second-order valence-corrected chi connectivity index (χ2v) is 9.67. The fraction of sp³-hybridized carbons (Fsp3) is 0.269. The van der Waals surface area contributed by atoms with E-state index >= 15 is 0 Å². The monoisotopic (exact) mass is 448 g/mol. The maximum absolute atomic E-state index is 12.6. The minimum atomic E-state index is -3.56. The van der Waals surface area contributed by atoms with Gasteiger partial charge < -0.3 is 4.42 Å². The summed E-state index contributed by atoms with van der Waals surface area (Å²) in [6.45, 7) is 2.39. The molecule has 3 aromatic carbocycles. The molecule has 0 aliphatic carbocycles. The molecule has 0 aliphatic rings. The molecule has 0 fully saturated rings. The Labute approximate surface area is 189 Å². The van der Waals surface area contributed by atoms with Crippen molar-refractivity contribution in [1.29, 1.82) is 0 Å². The van der Waals surface area contributed by atoms with E-state index in [1.807, 2.05) is 48.5 Å². The van der Waals surface area contributed by atoms with E-state index in [4.69, 9.17) is 4.42 Å². The minimum Gasteiger partial charge on any atom is -0.441 e. The lowest BCUT2D eigenvalue weighted by molar-refractivity contribution is 0.523. The van der Waals surface area contributed by atoms with Crippen molar-refractivity contribution >= 4 is 21.1 Å². The van der Waals surface area contributed by atoms with Gasteiger partial charge in [-0.2, -0.15) is 0 Å². The topological polar surface area (TPSA) is 72.2 Å². The van der Waals surface area contributed by atoms with Crippen LogP contribution < -0.4 is 4.72 Å². The number of hydrogen-bond donors (Lipinski definition) is 1. The highest BCUT2D eigenvalue weighted by molar-refractivity contribution is 7.89. The standard InChI is InChI=1S/C26H28N2O3S/c1-2-3-5-8-20-11-14-23(15-12-20)32(29,30)27-18-17-26-28-24-19-22(13-16-25(24)31-26)21-9-6-4-7-10-21/h4,6-7,9-16,19,27H,2-3,5,8,17-18H2,1H3. The van der Waals surface area contributed by atoms with Crippen LogP contribution in [0.5, 0.6) is 0 Å². The van der Waals surface area contributed by atoms with Gasteiger partial charge in [0.15, 0.2) is 11.5 Å². The number of unbranched alkanes of at least 4 members (excludes halogenated alkanes) is 2. The van der Waals surface area contributed by atoms with Gasteiger partial charge in [-0.3, -0.25) is 0 Å². The summed E-state index contributed by atoms with van der Waals surface area (Å²) in [4.78, 5) is 4.82. The van der Waals surface area contributed by atoms with E-state index < -0.39 is 10.0 Å². The Morgan fingerprint density at radius 3 is 2.41 bits per heavy atom. The zero-order valence-electron chi connectivity index (χ0n) is 18.3. The van der Waals surface area contributed by atoms with Gasteiger partial charge in [0.25, 0.3) is 0 Å². The first-order valence-corrected chi connectivity index (χ1v) is 12.6. The molecule has 1 N–H and O–H groups in total. The third-order valence-corrected chi connectivity index (χ3v) is 6.95. The van der Waals surface area contributed by atoms with Crippen LogP contribution in [0.25, 0.3) is 22.2 Å². The molecule has 32 heavy (non-hydrogen) atoms. The van der Waals surface area contributed by atoms with E-state index in [0.29, 0.717) is 17.9 Å². The van der Waals surface area contributed by atoms with Crippen LogP contribution in [0, 0.1) is 0 Å². The van der Waals surface area contributed by atoms with Crippen molar-refractivity contribution in [2.75, 3.05) is 6.54 Å². The quantitative estimate of drug-likeness (QED) is 0.314. The summed E-state index contributed by atoms with van der Waals surface area (Å²) in [7, 11) is -3.56. The van der Waals surface area contributed by atoms with Gasteiger partial charge in [-0.15, -0.1) is 0 Å². The number of nitrogens with zero attached hydrogens (tertiary/aromatic N) is 1. The molecule has 5 nitrogen and oxygen atoms in total. The summed E-state index contributed by atoms with van der Waals surface area (Å²) in [6, 6.07) is 23.1. The molecule has 0 bridgehead atoms. The predicted octanol–water partition coefficient (Wildman–Crippen LogP) is 5.75. The van der Waals surface area contributed by atoms with Crippen LogP contribution in [0.4, 0.5) is 0 Å². The highest BCUT2D eigenvalue weighted by atomic mass is 32.2. The number of nitrogens with one attached hydrogen (secondary N) is 1. The molecule has 0 saturated carbocycles. The molecule has 0 saturated heterocycles. The zero-order chi connectivity index (χ0) is 22.4. The number of oxazole rings is 1. The van der Waals surface area contributed by atoms with Crippen molar-refractivity contribution in [2.45, 2.75) is 43.9 Å². The van der Waals surface area contributed by atoms with E-state index in [2.05, 4.69) is 28.8 Å². The number of hydrogen-bond acceptors (Lipinski definition) is 4. The molecule has 166 valence electrons. The number of fused-ring (bicyclic) bond motifs is 1. The highest BCUT2D eigenvalue weighted by Gasteiger charge is 2.14. The molecule has 4 rings (SSSR count). The molecule has 0 atom stereocenters. The Kier molecular flexibility index (Phi) is 7.02. The second kappa shape index (κ2) is 10.1. The van der Waals surface area contributed by atoms with E-state index in [9.17, 15) is 8.42 Å². The summed E-state index contributed by atoms with van der Waals surface area (Å²) in [5.74, 6) is 0.513. The number of aromatic nitrogens is 1. The van der Waals surface area contributed by atoms with Gasteiger partial charge in [0.1, 0.15) is 5.52 Å². The average molecular weight is 449 g/mol. The summed E-state index contributed by atoms with van der Waals surface area (Å²) in [5.41, 5.74) is 4.81. The predicted molar refractivity (Wildman–Crippen MR) is 128 cm³/mol. The van der Waals surface area contributed by atoms with Gasteiger partial charge in [0.05, 0.1) is 4.90 Å². The molecule has 0 unspecified atom stereocenters. The Morgan fingerprint density at radius 2 is 1.66 bits per heavy atom. The number of benzene rings is 3. The average Bonchev–Trinajstić information content (AvgIpc) is 3.22. The van der Waals surface area contributed by atoms with Crippen molar-refractivity contribution in [3.8, 4) is 11.1 Å². The van der Waals surface area contributed by atoms with Crippen molar-refractivity contribution in [3.05, 3.63) is 84.3 Å². The number of aryl methyl sites for hydroxylation is 1. The van der Waals surface area contributed by atoms with Crippen LogP contribution >= 0.6 is 0 Å². The van der Waals surface area contributed by atoms with Gasteiger partial charge >= 0.3 is 0 Å². The summed E-state index contributed by atoms with van der Waals surface area (Å²) >= 11 is 0. The molecule has 1 heterocycles. The fourth-order valence-corrected chi connectivity index (χ4v) is 4.71. The number of rotatable bonds is 10. The van der Waals surface area contributed by atoms with E-state index in [1.54, 1.807) is 12.1 Å². The van der Waals surface area contributed by atoms with Gasteiger partial charge in [0, 0.05) is 13.0 Å². The molecule has 0 aliphatic heterocycles. The van der Waals surface area contributed by atoms with Gasteiger partial charge in [-0.05, 0) is 53.8 Å². The van der Waals surface area contributed by atoms with Gasteiger partial charge in [-0.1, -0.05) is 68.3 Å². The fourth-order valence-electron chi connectivity index (χ4n) is 3.68. The third kappa shape index (κ3) is 5.44. The lowest BCUT2D eigenvalue weighted by atomic mass is 10.1. The first-order chi connectivity index (χ1) is 15.5. The van der Waals surface area contributed by atoms with E-state index in [-0.39, 0.29) is 11.4 Å². The maximum Gasteiger partial charge on any atom is 0.240 e. The first kappa shape index (κ1) is 22.2. The van der Waals surface area contributed by atoms with Gasteiger partial charge in [0.2, 0.25) is 10.0 Å². The summed E-state index contributed by atoms with van der Waals surface area (Å²) in [6.07, 6.45) is 4.84. The molecule has 0 radical (unpaired) electrons. The normalized spacial score (nSPS) is 11.8. The van der Waals surface area contributed by atoms with Crippen LogP contribution in [0.15, 0.2) is 82.1 Å². The zero-order valence-corrected chi connectivity index (χ0v) is 19.1. The van der Waals surface area contributed by atoms with Crippen LogP contribution in [0.3, 0.4) is 0 Å². The Balaban J connectivity index is 1.37. The van der Waals surface area contributed by atoms with Crippen LogP contribution in [0.1, 0.15) is 37.6 Å². The largest absolute Gasteiger partial charge is 0.441 e. The third-order valence-electron chi connectivity index (χ3n) is 5.47. The Morgan fingerprint density at radius 1 is 0.875 bits per heavy atom. The van der Waals surface area contributed by atoms with Crippen LogP contribution in [-0.2, 0) is 22.9 Å². The minimum absolute atomic E-state index is 0.221. The Hall–Kier alpha value is -2.96. The lowest BCUT2D eigenvalue weighted by Gasteiger charge is -2.07. The SMILES string of the molecule is CCCCCc1ccc(S(=O)(=O)NCCc2nc3cc(-c4ccccc4)ccc3o2)cc1. The molecule has 0 spiro atoms. The molecule has 6 heteroatoms. The van der Waals surface area contributed by atoms with Crippen molar-refractivity contribution in [1.82, 2.24) is 9.71 Å². The lowest BCUT2D eigenvalue weighted by Crippen LogP contribution is -2.26. The molecule has 4 aromatic rings. The van der Waals surface area contributed by atoms with Crippen LogP contribution in [0.2, 0.25) is 0 Å². The summed E-state index contributed by atoms with van der Waals surface area (Å²) < 4.78 is 33.7. The van der Waals surface area contributed by atoms with Crippen LogP contribution in [-0.4, -0.2) is 19.9 Å². The molecule has 0 amide bonds. The van der Waals surface area contributed by atoms with Crippen molar-refractivity contribution in [2.24, 2.45) is 0 Å². The van der Waals surface area contributed by atoms with E-state index in [1.165, 1.54) is 18.4 Å². The summed E-state index contributed by atoms with van der Waals surface area (Å²) in [5, 5.41) is 0. The van der Waals surface area contributed by atoms with Gasteiger partial charge in [-0.25, -0.2) is 18.1 Å².